The Balaban J connectivity index is 2.17. The van der Waals surface area contributed by atoms with Gasteiger partial charge in [-0.2, -0.15) is 0 Å². The van der Waals surface area contributed by atoms with Crippen LogP contribution < -0.4 is 0 Å². The molecule has 2 atom stereocenters. The Morgan fingerprint density at radius 1 is 1.10 bits per heavy atom. The fourth-order valence-corrected chi connectivity index (χ4v) is 3.95. The lowest BCUT2D eigenvalue weighted by atomic mass is 9.60. The van der Waals surface area contributed by atoms with Crippen LogP contribution in [-0.2, 0) is 0 Å². The molecule has 0 amide bonds. The lowest BCUT2D eigenvalue weighted by molar-refractivity contribution is 0.109. The minimum atomic E-state index is 0.478. The summed E-state index contributed by atoms with van der Waals surface area (Å²) in [6, 6.07) is 0. The molecule has 0 aromatic carbocycles. The van der Waals surface area contributed by atoms with Gasteiger partial charge < -0.3 is 0 Å². The van der Waals surface area contributed by atoms with Crippen molar-refractivity contribution in [3.8, 4) is 0 Å². The van der Waals surface area contributed by atoms with Crippen molar-refractivity contribution < 1.29 is 0 Å². The maximum atomic E-state index is 4.24. The third-order valence-corrected chi connectivity index (χ3v) is 6.17. The number of hydrogen-bond donors (Lipinski definition) is 0. The molecule has 0 heterocycles. The monoisotopic (exact) mass is 272 g/mol. The first-order valence-corrected chi connectivity index (χ1v) is 8.53. The van der Waals surface area contributed by atoms with Crippen molar-refractivity contribution in [2.24, 2.45) is 17.3 Å². The van der Waals surface area contributed by atoms with E-state index in [9.17, 15) is 0 Å². The van der Waals surface area contributed by atoms with Gasteiger partial charge in [0.25, 0.3) is 0 Å². The maximum Gasteiger partial charge on any atom is -0.0172 e. The minimum absolute atomic E-state index is 0.478. The zero-order valence-corrected chi connectivity index (χ0v) is 14.0. The zero-order chi connectivity index (χ0) is 14.8. The summed E-state index contributed by atoms with van der Waals surface area (Å²) >= 11 is 0. The van der Waals surface area contributed by atoms with Gasteiger partial charge in [0.05, 0.1) is 0 Å². The largest absolute Gasteiger partial charge is 0.0956 e. The Morgan fingerprint density at radius 3 is 2.45 bits per heavy atom. The third-order valence-electron chi connectivity index (χ3n) is 6.17. The van der Waals surface area contributed by atoms with Gasteiger partial charge in [-0.05, 0) is 67.8 Å². The molecule has 0 aliphatic heterocycles. The van der Waals surface area contributed by atoms with Crippen LogP contribution >= 0.6 is 0 Å². The van der Waals surface area contributed by atoms with Crippen LogP contribution in [0.3, 0.4) is 0 Å². The van der Waals surface area contributed by atoms with Crippen molar-refractivity contribution >= 4 is 0 Å². The molecule has 2 unspecified atom stereocenters. The molecule has 0 aromatic rings. The highest BCUT2D eigenvalue weighted by Gasteiger charge is 2.38. The van der Waals surface area contributed by atoms with Gasteiger partial charge in [-0.25, -0.2) is 0 Å². The molecule has 2 fully saturated rings. The summed E-state index contributed by atoms with van der Waals surface area (Å²) in [7, 11) is 0. The summed E-state index contributed by atoms with van der Waals surface area (Å²) in [5.74, 6) is 1.48. The van der Waals surface area contributed by atoms with Gasteiger partial charge in [0.15, 0.2) is 0 Å². The van der Waals surface area contributed by atoms with Crippen LogP contribution in [0.4, 0.5) is 0 Å². The molecule has 0 radical (unpaired) electrons. The van der Waals surface area contributed by atoms with Crippen molar-refractivity contribution in [2.75, 3.05) is 0 Å². The molecule has 0 aromatic heterocycles. The molecule has 0 saturated heterocycles. The topological polar surface area (TPSA) is 0 Å². The van der Waals surface area contributed by atoms with Crippen molar-refractivity contribution in [1.29, 1.82) is 0 Å². The lowest BCUT2D eigenvalue weighted by Crippen LogP contribution is -2.35. The fraction of sp³-hybridized carbons (Fsp3) is 0.700. The summed E-state index contributed by atoms with van der Waals surface area (Å²) in [5, 5.41) is 0. The van der Waals surface area contributed by atoms with E-state index in [1.165, 1.54) is 56.1 Å². The maximum absolute atomic E-state index is 4.24. The van der Waals surface area contributed by atoms with E-state index in [0.717, 1.165) is 5.92 Å². The minimum Gasteiger partial charge on any atom is -0.0956 e. The fourth-order valence-electron chi connectivity index (χ4n) is 3.95. The highest BCUT2D eigenvalue weighted by molar-refractivity contribution is 5.35. The molecule has 0 nitrogen and oxygen atoms in total. The second-order valence-electron chi connectivity index (χ2n) is 7.48. The molecule has 20 heavy (non-hydrogen) atoms. The van der Waals surface area contributed by atoms with Gasteiger partial charge in [0.1, 0.15) is 0 Å². The Hall–Kier alpha value is -0.780. The summed E-state index contributed by atoms with van der Waals surface area (Å²) in [4.78, 5) is 0. The summed E-state index contributed by atoms with van der Waals surface area (Å²) in [6.07, 6.45) is 14.0. The van der Waals surface area contributed by atoms with Crippen LogP contribution in [0.15, 0.2) is 35.5 Å². The molecule has 2 aliphatic carbocycles. The quantitative estimate of drug-likeness (QED) is 0.541. The number of hydrogen-bond acceptors (Lipinski definition) is 0. The van der Waals surface area contributed by atoms with Crippen LogP contribution in [0.25, 0.3) is 0 Å². The average molecular weight is 272 g/mol. The van der Waals surface area contributed by atoms with Gasteiger partial charge in [-0.1, -0.05) is 57.6 Å². The van der Waals surface area contributed by atoms with E-state index in [-0.39, 0.29) is 0 Å². The van der Waals surface area contributed by atoms with E-state index in [0.29, 0.717) is 11.3 Å². The van der Waals surface area contributed by atoms with Gasteiger partial charge >= 0.3 is 0 Å². The van der Waals surface area contributed by atoms with Crippen LogP contribution in [0.1, 0.15) is 72.6 Å². The van der Waals surface area contributed by atoms with Gasteiger partial charge in [0.2, 0.25) is 0 Å². The van der Waals surface area contributed by atoms with E-state index in [2.05, 4.69) is 46.4 Å². The first-order valence-electron chi connectivity index (χ1n) is 8.53. The molecule has 112 valence electrons. The van der Waals surface area contributed by atoms with E-state index in [4.69, 9.17) is 0 Å². The van der Waals surface area contributed by atoms with Crippen LogP contribution in [0, 0.1) is 17.3 Å². The summed E-state index contributed by atoms with van der Waals surface area (Å²) in [6.45, 7) is 13.9. The standard InChI is InChI=1S/C20H32/c1-15(2)20(5)14-8-11-19(17(20)4)13-12-18-10-7-6-9-16(18)3/h12-13,15,17H,3,6-11,14H2,1-2,4-5H3/b18-12-,19-13+. The van der Waals surface area contributed by atoms with E-state index < -0.39 is 0 Å². The van der Waals surface area contributed by atoms with Crippen molar-refractivity contribution in [3.63, 3.8) is 0 Å². The highest BCUT2D eigenvalue weighted by Crippen LogP contribution is 2.48. The van der Waals surface area contributed by atoms with E-state index in [1.54, 1.807) is 5.57 Å². The van der Waals surface area contributed by atoms with Crippen LogP contribution in [0.5, 0.6) is 0 Å². The average Bonchev–Trinajstić information content (AvgIpc) is 2.42. The van der Waals surface area contributed by atoms with Crippen LogP contribution in [-0.4, -0.2) is 0 Å². The molecule has 2 aliphatic rings. The summed E-state index contributed by atoms with van der Waals surface area (Å²) < 4.78 is 0. The molecular weight excluding hydrogens is 240 g/mol. The molecule has 2 rings (SSSR count). The number of allylic oxidation sites excluding steroid dienone is 5. The predicted molar refractivity (Wildman–Crippen MR) is 89.7 cm³/mol. The molecular formula is C20H32. The molecule has 0 bridgehead atoms. The van der Waals surface area contributed by atoms with Crippen molar-refractivity contribution in [1.82, 2.24) is 0 Å². The Labute approximate surface area is 126 Å². The highest BCUT2D eigenvalue weighted by atomic mass is 14.4. The second kappa shape index (κ2) is 6.33. The van der Waals surface area contributed by atoms with Crippen molar-refractivity contribution in [3.05, 3.63) is 35.5 Å². The van der Waals surface area contributed by atoms with Gasteiger partial charge in [-0.3, -0.25) is 0 Å². The molecule has 0 N–H and O–H groups in total. The molecule has 0 spiro atoms. The predicted octanol–water partition coefficient (Wildman–Crippen LogP) is 6.45. The molecule has 2 saturated carbocycles. The first-order chi connectivity index (χ1) is 9.45. The van der Waals surface area contributed by atoms with E-state index >= 15 is 0 Å². The van der Waals surface area contributed by atoms with Gasteiger partial charge in [0, 0.05) is 0 Å². The lowest BCUT2D eigenvalue weighted by Gasteiger charge is -2.44. The zero-order valence-electron chi connectivity index (χ0n) is 14.0. The Bertz CT molecular complexity index is 421. The summed E-state index contributed by atoms with van der Waals surface area (Å²) in [5.41, 5.74) is 5.03. The van der Waals surface area contributed by atoms with Crippen molar-refractivity contribution in [2.45, 2.75) is 72.6 Å². The second-order valence-corrected chi connectivity index (χ2v) is 7.48. The Kier molecular flexibility index (Phi) is 4.94. The normalized spacial score (nSPS) is 36.0. The third kappa shape index (κ3) is 3.10. The number of rotatable bonds is 2. The molecule has 0 heteroatoms. The SMILES string of the molecule is C=C1CCCC/C1=C/C=C1\CCCC(C)(C(C)C)C1C. The van der Waals surface area contributed by atoms with E-state index in [1.807, 2.05) is 0 Å². The smallest absolute Gasteiger partial charge is 0.0172 e. The first kappa shape index (κ1) is 15.6. The van der Waals surface area contributed by atoms with Gasteiger partial charge in [-0.15, -0.1) is 0 Å². The Morgan fingerprint density at radius 2 is 1.80 bits per heavy atom. The van der Waals surface area contributed by atoms with Crippen LogP contribution in [0.2, 0.25) is 0 Å².